The van der Waals surface area contributed by atoms with E-state index in [0.717, 1.165) is 24.2 Å². The normalized spacial score (nSPS) is 52.0. The lowest BCUT2D eigenvalue weighted by Gasteiger charge is -2.71. The highest BCUT2D eigenvalue weighted by Gasteiger charge is 2.67. The molecule has 0 aromatic heterocycles. The van der Waals surface area contributed by atoms with Crippen LogP contribution in [0.5, 0.6) is 0 Å². The molecule has 0 radical (unpaired) electrons. The van der Waals surface area contributed by atoms with E-state index < -0.39 is 0 Å². The fourth-order valence-corrected chi connectivity index (χ4v) is 10.8. The van der Waals surface area contributed by atoms with Gasteiger partial charge in [0.25, 0.3) is 0 Å². The summed E-state index contributed by atoms with van der Waals surface area (Å²) in [6.07, 6.45) is 17.5. The summed E-state index contributed by atoms with van der Waals surface area (Å²) < 4.78 is 5.89. The number of hydrogen-bond donors (Lipinski definition) is 0. The first-order valence-electron chi connectivity index (χ1n) is 14.1. The summed E-state index contributed by atoms with van der Waals surface area (Å²) in [7, 11) is 0. The van der Waals surface area contributed by atoms with Gasteiger partial charge in [0.15, 0.2) is 0 Å². The van der Waals surface area contributed by atoms with Crippen molar-refractivity contribution in [2.75, 3.05) is 0 Å². The summed E-state index contributed by atoms with van der Waals surface area (Å²) >= 11 is 0. The number of fused-ring (bicyclic) bond motifs is 7. The third kappa shape index (κ3) is 3.27. The number of allylic oxidation sites excluding steroid dienone is 2. The smallest absolute Gasteiger partial charge is 0.302 e. The SMILES string of the molecule is CC(=O)OC1CCC2(C)C(CCC3(C)C2C=CC2C4CC(C)(C)CCC4CCC23C)C1(C)C. The molecule has 186 valence electrons. The van der Waals surface area contributed by atoms with Crippen LogP contribution < -0.4 is 0 Å². The van der Waals surface area contributed by atoms with E-state index >= 15 is 0 Å². The Morgan fingerprint density at radius 1 is 0.818 bits per heavy atom. The quantitative estimate of drug-likeness (QED) is 0.295. The Labute approximate surface area is 203 Å². The molecule has 0 aromatic rings. The van der Waals surface area contributed by atoms with E-state index in [0.29, 0.717) is 33.5 Å². The fraction of sp³-hybridized carbons (Fsp3) is 0.903. The van der Waals surface area contributed by atoms with Crippen molar-refractivity contribution in [2.24, 2.45) is 56.7 Å². The highest BCUT2D eigenvalue weighted by molar-refractivity contribution is 5.66. The van der Waals surface area contributed by atoms with E-state index in [2.05, 4.69) is 60.6 Å². The Kier molecular flexibility index (Phi) is 5.34. The van der Waals surface area contributed by atoms with Gasteiger partial charge in [-0.15, -0.1) is 0 Å². The summed E-state index contributed by atoms with van der Waals surface area (Å²) in [5, 5.41) is 0. The van der Waals surface area contributed by atoms with Crippen LogP contribution in [-0.2, 0) is 9.53 Å². The van der Waals surface area contributed by atoms with Crippen molar-refractivity contribution in [2.45, 2.75) is 119 Å². The monoisotopic (exact) mass is 454 g/mol. The molecule has 0 heterocycles. The zero-order valence-electron chi connectivity index (χ0n) is 22.8. The molecule has 0 amide bonds. The highest BCUT2D eigenvalue weighted by atomic mass is 16.5. The topological polar surface area (TPSA) is 26.3 Å². The molecule has 2 nitrogen and oxygen atoms in total. The molecule has 5 aliphatic rings. The second kappa shape index (κ2) is 7.36. The van der Waals surface area contributed by atoms with E-state index in [-0.39, 0.29) is 17.5 Å². The van der Waals surface area contributed by atoms with Crippen molar-refractivity contribution in [3.05, 3.63) is 12.2 Å². The van der Waals surface area contributed by atoms with Crippen LogP contribution >= 0.6 is 0 Å². The van der Waals surface area contributed by atoms with Crippen molar-refractivity contribution in [1.82, 2.24) is 0 Å². The van der Waals surface area contributed by atoms with Crippen molar-refractivity contribution < 1.29 is 9.53 Å². The molecule has 5 rings (SSSR count). The third-order valence-corrected chi connectivity index (χ3v) is 12.8. The Morgan fingerprint density at radius 2 is 1.48 bits per heavy atom. The molecule has 5 aliphatic carbocycles. The first-order chi connectivity index (χ1) is 15.2. The van der Waals surface area contributed by atoms with Crippen LogP contribution in [0.4, 0.5) is 0 Å². The molecule has 9 unspecified atom stereocenters. The molecular formula is C31H50O2. The molecule has 0 aromatic carbocycles. The molecule has 4 fully saturated rings. The lowest BCUT2D eigenvalue weighted by molar-refractivity contribution is -0.216. The lowest BCUT2D eigenvalue weighted by Crippen LogP contribution is -2.65. The first-order valence-corrected chi connectivity index (χ1v) is 14.1. The molecule has 0 N–H and O–H groups in total. The number of carbonyl (C=O) groups excluding carboxylic acids is 1. The van der Waals surface area contributed by atoms with Gasteiger partial charge in [-0.1, -0.05) is 60.6 Å². The van der Waals surface area contributed by atoms with E-state index in [4.69, 9.17) is 4.74 Å². The van der Waals surface area contributed by atoms with Gasteiger partial charge >= 0.3 is 5.97 Å². The van der Waals surface area contributed by atoms with Crippen LogP contribution in [0.3, 0.4) is 0 Å². The molecule has 9 atom stereocenters. The zero-order chi connectivity index (χ0) is 24.0. The Hall–Kier alpha value is -0.790. The summed E-state index contributed by atoms with van der Waals surface area (Å²) in [5.74, 6) is 3.71. The van der Waals surface area contributed by atoms with Crippen LogP contribution in [0.2, 0.25) is 0 Å². The van der Waals surface area contributed by atoms with Gasteiger partial charge in [0.2, 0.25) is 0 Å². The standard InChI is InChI=1S/C31H50O2/c1-20(32)33-26-14-16-29(6)24(28(26,4)5)13-18-31(8)25(29)10-9-23-22-19-27(2,3)15-11-21(22)12-17-30(23,31)7/h9-10,21-26H,11-19H2,1-8H3. The average Bonchev–Trinajstić information content (AvgIpc) is 2.70. The molecule has 0 bridgehead atoms. The minimum Gasteiger partial charge on any atom is -0.462 e. The van der Waals surface area contributed by atoms with Crippen LogP contribution in [0.15, 0.2) is 12.2 Å². The summed E-state index contributed by atoms with van der Waals surface area (Å²) in [6.45, 7) is 19.4. The van der Waals surface area contributed by atoms with Gasteiger partial charge in [-0.05, 0) is 109 Å². The second-order valence-electron chi connectivity index (χ2n) is 15.1. The average molecular weight is 455 g/mol. The minimum absolute atomic E-state index is 0.0383. The van der Waals surface area contributed by atoms with Crippen molar-refractivity contribution >= 4 is 5.97 Å². The van der Waals surface area contributed by atoms with Gasteiger partial charge in [0.1, 0.15) is 6.10 Å². The van der Waals surface area contributed by atoms with E-state index in [1.165, 1.54) is 51.4 Å². The molecular weight excluding hydrogens is 404 g/mol. The number of carbonyl (C=O) groups is 1. The van der Waals surface area contributed by atoms with E-state index in [1.807, 2.05) is 0 Å². The Morgan fingerprint density at radius 3 is 2.18 bits per heavy atom. The number of esters is 1. The van der Waals surface area contributed by atoms with Crippen molar-refractivity contribution in [1.29, 1.82) is 0 Å². The second-order valence-corrected chi connectivity index (χ2v) is 15.1. The van der Waals surface area contributed by atoms with Gasteiger partial charge in [-0.2, -0.15) is 0 Å². The van der Waals surface area contributed by atoms with Gasteiger partial charge in [-0.3, -0.25) is 4.79 Å². The third-order valence-electron chi connectivity index (χ3n) is 12.8. The maximum Gasteiger partial charge on any atom is 0.302 e. The molecule has 0 spiro atoms. The fourth-order valence-electron chi connectivity index (χ4n) is 10.8. The van der Waals surface area contributed by atoms with E-state index in [1.54, 1.807) is 6.92 Å². The summed E-state index contributed by atoms with van der Waals surface area (Å²) in [4.78, 5) is 11.8. The van der Waals surface area contributed by atoms with Crippen LogP contribution in [0, 0.1) is 56.7 Å². The number of rotatable bonds is 1. The van der Waals surface area contributed by atoms with Gasteiger partial charge < -0.3 is 4.74 Å². The van der Waals surface area contributed by atoms with Gasteiger partial charge in [0.05, 0.1) is 0 Å². The predicted molar refractivity (Wildman–Crippen MR) is 136 cm³/mol. The molecule has 0 saturated heterocycles. The first kappa shape index (κ1) is 23.9. The largest absolute Gasteiger partial charge is 0.462 e. The maximum atomic E-state index is 11.8. The molecule has 2 heteroatoms. The zero-order valence-corrected chi connectivity index (χ0v) is 22.8. The van der Waals surface area contributed by atoms with Crippen molar-refractivity contribution in [3.63, 3.8) is 0 Å². The minimum atomic E-state index is -0.114. The summed E-state index contributed by atoms with van der Waals surface area (Å²) in [5.41, 5.74) is 1.62. The van der Waals surface area contributed by atoms with Crippen LogP contribution in [0.1, 0.15) is 113 Å². The predicted octanol–water partition coefficient (Wildman–Crippen LogP) is 8.21. The van der Waals surface area contributed by atoms with Gasteiger partial charge in [0, 0.05) is 12.3 Å². The number of hydrogen-bond acceptors (Lipinski definition) is 2. The maximum absolute atomic E-state index is 11.8. The highest BCUT2D eigenvalue weighted by Crippen LogP contribution is 2.74. The molecule has 33 heavy (non-hydrogen) atoms. The molecule has 0 aliphatic heterocycles. The Balaban J connectivity index is 1.51. The molecule has 4 saturated carbocycles. The van der Waals surface area contributed by atoms with Crippen LogP contribution in [0.25, 0.3) is 0 Å². The van der Waals surface area contributed by atoms with Crippen molar-refractivity contribution in [3.8, 4) is 0 Å². The number of ether oxygens (including phenoxy) is 1. The van der Waals surface area contributed by atoms with Crippen LogP contribution in [-0.4, -0.2) is 12.1 Å². The Bertz CT molecular complexity index is 838. The summed E-state index contributed by atoms with van der Waals surface area (Å²) in [6, 6.07) is 0. The van der Waals surface area contributed by atoms with Gasteiger partial charge in [-0.25, -0.2) is 0 Å². The lowest BCUT2D eigenvalue weighted by atomic mass is 9.34. The van der Waals surface area contributed by atoms with E-state index in [9.17, 15) is 4.79 Å².